The summed E-state index contributed by atoms with van der Waals surface area (Å²) in [6.45, 7) is 3.94. The van der Waals surface area contributed by atoms with Gasteiger partial charge in [0.15, 0.2) is 11.6 Å². The molecule has 4 nitrogen and oxygen atoms in total. The molecule has 0 bridgehead atoms. The van der Waals surface area contributed by atoms with Gasteiger partial charge in [-0.2, -0.15) is 4.98 Å². The Hall–Kier alpha value is -2.04. The number of nitrogens with two attached hydrogens (primary N) is 1. The smallest absolute Gasteiger partial charge is 0.304 e. The van der Waals surface area contributed by atoms with Crippen molar-refractivity contribution >= 4 is 5.82 Å². The number of halogens is 1. The van der Waals surface area contributed by atoms with Crippen LogP contribution in [0.2, 0.25) is 0 Å². The third-order valence-electron chi connectivity index (χ3n) is 2.31. The van der Waals surface area contributed by atoms with Gasteiger partial charge in [0.25, 0.3) is 0 Å². The Kier molecular flexibility index (Phi) is 2.99. The van der Waals surface area contributed by atoms with E-state index in [0.29, 0.717) is 11.8 Å². The molecule has 1 aromatic heterocycles. The van der Waals surface area contributed by atoms with Crippen LogP contribution in [0.3, 0.4) is 0 Å². The van der Waals surface area contributed by atoms with Gasteiger partial charge in [0, 0.05) is 6.04 Å². The molecule has 2 N–H and O–H groups in total. The number of para-hydroxylation sites is 1. The topological polar surface area (TPSA) is 53.1 Å². The summed E-state index contributed by atoms with van der Waals surface area (Å²) in [6.07, 6.45) is 1.67. The van der Waals surface area contributed by atoms with Crippen LogP contribution in [0.15, 0.2) is 30.5 Å². The first-order valence-electron chi connectivity index (χ1n) is 5.34. The summed E-state index contributed by atoms with van der Waals surface area (Å²) in [4.78, 5) is 4.02. The maximum absolute atomic E-state index is 13.4. The van der Waals surface area contributed by atoms with E-state index in [-0.39, 0.29) is 11.8 Å². The zero-order valence-corrected chi connectivity index (χ0v) is 9.72. The fourth-order valence-electron chi connectivity index (χ4n) is 1.47. The van der Waals surface area contributed by atoms with Crippen molar-refractivity contribution in [1.82, 2.24) is 9.55 Å². The number of nitrogen functional groups attached to an aromatic ring is 1. The molecule has 0 aliphatic carbocycles. The number of rotatable bonds is 3. The van der Waals surface area contributed by atoms with Crippen LogP contribution < -0.4 is 10.5 Å². The van der Waals surface area contributed by atoms with Gasteiger partial charge in [-0.05, 0) is 26.0 Å². The molecular weight excluding hydrogens is 221 g/mol. The third kappa shape index (κ3) is 2.38. The molecule has 0 unspecified atom stereocenters. The fraction of sp³-hybridized carbons (Fsp3) is 0.250. The Morgan fingerprint density at radius 1 is 1.35 bits per heavy atom. The average Bonchev–Trinajstić information content (AvgIpc) is 2.63. The molecule has 17 heavy (non-hydrogen) atoms. The van der Waals surface area contributed by atoms with E-state index in [1.165, 1.54) is 6.07 Å². The molecule has 0 amide bonds. The molecule has 0 spiro atoms. The molecule has 0 aliphatic heterocycles. The van der Waals surface area contributed by atoms with Gasteiger partial charge in [-0.15, -0.1) is 0 Å². The van der Waals surface area contributed by atoms with Crippen molar-refractivity contribution in [2.24, 2.45) is 0 Å². The zero-order chi connectivity index (χ0) is 12.4. The van der Waals surface area contributed by atoms with Crippen LogP contribution in [0.5, 0.6) is 11.8 Å². The van der Waals surface area contributed by atoms with Crippen molar-refractivity contribution in [2.45, 2.75) is 19.9 Å². The molecule has 0 fully saturated rings. The van der Waals surface area contributed by atoms with Crippen LogP contribution in [-0.2, 0) is 0 Å². The molecule has 2 aromatic rings. The second-order valence-corrected chi connectivity index (χ2v) is 3.98. The number of imidazole rings is 1. The summed E-state index contributed by atoms with van der Waals surface area (Å²) in [5.41, 5.74) is 5.60. The van der Waals surface area contributed by atoms with Gasteiger partial charge >= 0.3 is 6.01 Å². The Morgan fingerprint density at radius 2 is 2.06 bits per heavy atom. The highest BCUT2D eigenvalue weighted by Crippen LogP contribution is 2.26. The van der Waals surface area contributed by atoms with Gasteiger partial charge < -0.3 is 10.5 Å². The number of benzene rings is 1. The maximum Gasteiger partial charge on any atom is 0.304 e. The molecule has 2 rings (SSSR count). The molecule has 0 saturated heterocycles. The second-order valence-electron chi connectivity index (χ2n) is 3.98. The third-order valence-corrected chi connectivity index (χ3v) is 2.31. The Balaban J connectivity index is 2.33. The van der Waals surface area contributed by atoms with Gasteiger partial charge in [0.2, 0.25) is 0 Å². The lowest BCUT2D eigenvalue weighted by atomic mass is 10.3. The lowest BCUT2D eigenvalue weighted by Gasteiger charge is -2.11. The van der Waals surface area contributed by atoms with E-state index in [2.05, 4.69) is 4.98 Å². The lowest BCUT2D eigenvalue weighted by molar-refractivity contribution is 0.376. The predicted octanol–water partition coefficient (Wildman–Crippen LogP) is 2.98. The molecular formula is C12H14FN3O. The van der Waals surface area contributed by atoms with Gasteiger partial charge in [-0.3, -0.25) is 4.57 Å². The first-order valence-corrected chi connectivity index (χ1v) is 5.34. The predicted molar refractivity (Wildman–Crippen MR) is 63.5 cm³/mol. The molecule has 0 atom stereocenters. The minimum atomic E-state index is -0.427. The van der Waals surface area contributed by atoms with Gasteiger partial charge in [-0.1, -0.05) is 12.1 Å². The van der Waals surface area contributed by atoms with Gasteiger partial charge in [0.1, 0.15) is 5.82 Å². The first-order chi connectivity index (χ1) is 8.08. The van der Waals surface area contributed by atoms with E-state index < -0.39 is 5.82 Å². The van der Waals surface area contributed by atoms with Gasteiger partial charge in [-0.25, -0.2) is 4.39 Å². The first kappa shape index (κ1) is 11.4. The van der Waals surface area contributed by atoms with Crippen molar-refractivity contribution < 1.29 is 9.13 Å². The van der Waals surface area contributed by atoms with Crippen LogP contribution in [0.4, 0.5) is 10.2 Å². The van der Waals surface area contributed by atoms with Crippen molar-refractivity contribution in [3.8, 4) is 11.8 Å². The van der Waals surface area contributed by atoms with E-state index >= 15 is 0 Å². The van der Waals surface area contributed by atoms with Crippen molar-refractivity contribution in [1.29, 1.82) is 0 Å². The quantitative estimate of drug-likeness (QED) is 0.889. The number of anilines is 1. The molecule has 1 aromatic carbocycles. The highest BCUT2D eigenvalue weighted by Gasteiger charge is 2.12. The molecule has 0 radical (unpaired) electrons. The highest BCUT2D eigenvalue weighted by atomic mass is 19.1. The molecule has 0 aliphatic rings. The SMILES string of the molecule is CC(C)n1cc(N)nc1Oc1ccccc1F. The Morgan fingerprint density at radius 3 is 2.71 bits per heavy atom. The van der Waals surface area contributed by atoms with E-state index in [9.17, 15) is 4.39 Å². The summed E-state index contributed by atoms with van der Waals surface area (Å²) < 4.78 is 20.6. The van der Waals surface area contributed by atoms with Crippen LogP contribution in [0.1, 0.15) is 19.9 Å². The Bertz CT molecular complexity index is 522. The van der Waals surface area contributed by atoms with Gasteiger partial charge in [0.05, 0.1) is 6.20 Å². The summed E-state index contributed by atoms with van der Waals surface area (Å²) in [5, 5.41) is 0. The molecule has 1 heterocycles. The van der Waals surface area contributed by atoms with Crippen LogP contribution in [-0.4, -0.2) is 9.55 Å². The number of aromatic nitrogens is 2. The zero-order valence-electron chi connectivity index (χ0n) is 9.72. The summed E-state index contributed by atoms with van der Waals surface area (Å²) in [6, 6.07) is 6.62. The van der Waals surface area contributed by atoms with E-state index in [1.54, 1.807) is 29.0 Å². The minimum absolute atomic E-state index is 0.139. The number of ether oxygens (including phenoxy) is 1. The van der Waals surface area contributed by atoms with Crippen molar-refractivity contribution in [3.63, 3.8) is 0 Å². The monoisotopic (exact) mass is 235 g/mol. The highest BCUT2D eigenvalue weighted by molar-refractivity contribution is 5.32. The maximum atomic E-state index is 13.4. The average molecular weight is 235 g/mol. The largest absolute Gasteiger partial charge is 0.422 e. The van der Waals surface area contributed by atoms with Crippen molar-refractivity contribution in [2.75, 3.05) is 5.73 Å². The van der Waals surface area contributed by atoms with E-state index in [4.69, 9.17) is 10.5 Å². The number of hydrogen-bond acceptors (Lipinski definition) is 3. The second kappa shape index (κ2) is 4.45. The minimum Gasteiger partial charge on any atom is -0.422 e. The van der Waals surface area contributed by atoms with Crippen LogP contribution >= 0.6 is 0 Å². The fourth-order valence-corrected chi connectivity index (χ4v) is 1.47. The molecule has 0 saturated carbocycles. The number of nitrogens with zero attached hydrogens (tertiary/aromatic N) is 2. The lowest BCUT2D eigenvalue weighted by Crippen LogP contribution is -2.02. The molecule has 5 heteroatoms. The summed E-state index contributed by atoms with van der Waals surface area (Å²) in [7, 11) is 0. The standard InChI is InChI=1S/C12H14FN3O/c1-8(2)16-7-11(14)15-12(16)17-10-6-4-3-5-9(10)13/h3-8H,14H2,1-2H3. The van der Waals surface area contributed by atoms with Crippen LogP contribution in [0, 0.1) is 5.82 Å². The van der Waals surface area contributed by atoms with Crippen molar-refractivity contribution in [3.05, 3.63) is 36.3 Å². The normalized spacial score (nSPS) is 10.8. The van der Waals surface area contributed by atoms with E-state index in [0.717, 1.165) is 0 Å². The molecule has 90 valence electrons. The Labute approximate surface area is 98.8 Å². The number of hydrogen-bond donors (Lipinski definition) is 1. The summed E-state index contributed by atoms with van der Waals surface area (Å²) >= 11 is 0. The van der Waals surface area contributed by atoms with Crippen LogP contribution in [0.25, 0.3) is 0 Å². The summed E-state index contributed by atoms with van der Waals surface area (Å²) in [5.74, 6) is 0.0643. The van der Waals surface area contributed by atoms with E-state index in [1.807, 2.05) is 13.8 Å².